The van der Waals surface area contributed by atoms with Gasteiger partial charge in [-0.25, -0.2) is 0 Å². The molecule has 2 N–H and O–H groups in total. The van der Waals surface area contributed by atoms with Crippen molar-refractivity contribution in [3.05, 3.63) is 35.4 Å². The van der Waals surface area contributed by atoms with Gasteiger partial charge in [0.25, 0.3) is 0 Å². The molecule has 2 nitrogen and oxygen atoms in total. The average Bonchev–Trinajstić information content (AvgIpc) is 2.44. The summed E-state index contributed by atoms with van der Waals surface area (Å²) in [7, 11) is 0. The number of hydrogen-bond donors (Lipinski definition) is 2. The molecule has 1 atom stereocenters. The lowest BCUT2D eigenvalue weighted by molar-refractivity contribution is 0.00288. The quantitative estimate of drug-likeness (QED) is 0.831. The summed E-state index contributed by atoms with van der Waals surface area (Å²) in [6.07, 6.45) is 7.79. The zero-order valence-corrected chi connectivity index (χ0v) is 13.0. The summed E-state index contributed by atoms with van der Waals surface area (Å²) in [6.45, 7) is 5.12. The molecule has 1 aromatic rings. The molecule has 112 valence electrons. The lowest BCUT2D eigenvalue weighted by atomic mass is 9.84. The van der Waals surface area contributed by atoms with Gasteiger partial charge in [0.1, 0.15) is 0 Å². The summed E-state index contributed by atoms with van der Waals surface area (Å²) in [4.78, 5) is 0. The molecule has 1 unspecified atom stereocenters. The highest BCUT2D eigenvalue weighted by Crippen LogP contribution is 2.27. The Morgan fingerprint density at radius 1 is 1.25 bits per heavy atom. The van der Waals surface area contributed by atoms with Gasteiger partial charge < -0.3 is 10.4 Å². The summed E-state index contributed by atoms with van der Waals surface area (Å²) in [5, 5.41) is 14.0. The fourth-order valence-corrected chi connectivity index (χ4v) is 3.10. The highest BCUT2D eigenvalue weighted by Gasteiger charge is 2.28. The van der Waals surface area contributed by atoms with E-state index >= 15 is 0 Å². The minimum atomic E-state index is -0.449. The van der Waals surface area contributed by atoms with E-state index in [2.05, 4.69) is 43.4 Å². The molecule has 1 aliphatic rings. The van der Waals surface area contributed by atoms with Crippen molar-refractivity contribution >= 4 is 0 Å². The van der Waals surface area contributed by atoms with Crippen molar-refractivity contribution in [2.75, 3.05) is 6.54 Å². The number of nitrogens with one attached hydrogen (secondary N) is 1. The second-order valence-electron chi connectivity index (χ2n) is 6.59. The van der Waals surface area contributed by atoms with Gasteiger partial charge in [0, 0.05) is 12.6 Å². The monoisotopic (exact) mass is 275 g/mol. The minimum absolute atomic E-state index is 0.449. The van der Waals surface area contributed by atoms with Crippen molar-refractivity contribution in [2.24, 2.45) is 0 Å². The molecule has 0 amide bonds. The highest BCUT2D eigenvalue weighted by molar-refractivity contribution is 5.22. The molecule has 1 aromatic carbocycles. The zero-order chi connectivity index (χ0) is 14.4. The summed E-state index contributed by atoms with van der Waals surface area (Å²) >= 11 is 0. The van der Waals surface area contributed by atoms with E-state index in [9.17, 15) is 5.11 Å². The van der Waals surface area contributed by atoms with Gasteiger partial charge in [-0.3, -0.25) is 0 Å². The maximum atomic E-state index is 10.5. The number of rotatable bonds is 6. The van der Waals surface area contributed by atoms with E-state index in [4.69, 9.17) is 0 Å². The molecule has 1 fully saturated rings. The molecular weight excluding hydrogens is 246 g/mol. The van der Waals surface area contributed by atoms with Crippen molar-refractivity contribution in [1.82, 2.24) is 5.32 Å². The van der Waals surface area contributed by atoms with Gasteiger partial charge in [-0.2, -0.15) is 0 Å². The Bertz CT molecular complexity index is 410. The van der Waals surface area contributed by atoms with E-state index in [1.807, 2.05) is 0 Å². The predicted molar refractivity (Wildman–Crippen MR) is 85.0 cm³/mol. The van der Waals surface area contributed by atoms with E-state index < -0.39 is 5.60 Å². The third-order valence-electron chi connectivity index (χ3n) is 4.51. The second kappa shape index (κ2) is 7.24. The number of benzene rings is 1. The smallest absolute Gasteiger partial charge is 0.0771 e. The molecular formula is C18H29NO. The van der Waals surface area contributed by atoms with Crippen LogP contribution in [0.1, 0.15) is 56.6 Å². The first-order valence-electron chi connectivity index (χ1n) is 8.09. The molecule has 0 heterocycles. The molecule has 0 aromatic heterocycles. The van der Waals surface area contributed by atoms with Gasteiger partial charge in [-0.1, -0.05) is 49.1 Å². The highest BCUT2D eigenvalue weighted by atomic mass is 16.3. The van der Waals surface area contributed by atoms with E-state index in [1.54, 1.807) is 0 Å². The fourth-order valence-electron chi connectivity index (χ4n) is 3.10. The van der Waals surface area contributed by atoms with Crippen LogP contribution in [-0.4, -0.2) is 23.3 Å². The van der Waals surface area contributed by atoms with Crippen molar-refractivity contribution in [1.29, 1.82) is 0 Å². The molecule has 0 aliphatic heterocycles. The lowest BCUT2D eigenvalue weighted by Crippen LogP contribution is -2.45. The topological polar surface area (TPSA) is 32.3 Å². The standard InChI is InChI=1S/C18H29NO/c1-15-7-6-8-17(13-15)10-9-16(2)19-14-18(20)11-4-3-5-12-18/h6-8,13,16,19-20H,3-5,9-12,14H2,1-2H3. The Hall–Kier alpha value is -0.860. The van der Waals surface area contributed by atoms with E-state index in [1.165, 1.54) is 30.4 Å². The SMILES string of the molecule is Cc1cccc(CCC(C)NCC2(O)CCCCC2)c1. The maximum absolute atomic E-state index is 10.5. The van der Waals surface area contributed by atoms with Crippen LogP contribution in [0, 0.1) is 6.92 Å². The molecule has 2 rings (SSSR count). The van der Waals surface area contributed by atoms with Gasteiger partial charge in [0.2, 0.25) is 0 Å². The Morgan fingerprint density at radius 2 is 2.00 bits per heavy atom. The third-order valence-corrected chi connectivity index (χ3v) is 4.51. The van der Waals surface area contributed by atoms with Gasteiger partial charge in [0.15, 0.2) is 0 Å². The van der Waals surface area contributed by atoms with Gasteiger partial charge >= 0.3 is 0 Å². The molecule has 2 heteroatoms. The first-order valence-corrected chi connectivity index (χ1v) is 8.09. The molecule has 1 saturated carbocycles. The summed E-state index contributed by atoms with van der Waals surface area (Å²) < 4.78 is 0. The van der Waals surface area contributed by atoms with Crippen LogP contribution >= 0.6 is 0 Å². The Labute approximate surface area is 123 Å². The van der Waals surface area contributed by atoms with E-state index in [-0.39, 0.29) is 0 Å². The summed E-state index contributed by atoms with van der Waals surface area (Å²) in [6, 6.07) is 9.20. The third kappa shape index (κ3) is 4.92. The summed E-state index contributed by atoms with van der Waals surface area (Å²) in [5.41, 5.74) is 2.30. The van der Waals surface area contributed by atoms with Crippen LogP contribution in [0.25, 0.3) is 0 Å². The average molecular weight is 275 g/mol. The van der Waals surface area contributed by atoms with Gasteiger partial charge in [-0.15, -0.1) is 0 Å². The largest absolute Gasteiger partial charge is 0.389 e. The van der Waals surface area contributed by atoms with Crippen LogP contribution < -0.4 is 5.32 Å². The number of aliphatic hydroxyl groups is 1. The lowest BCUT2D eigenvalue weighted by Gasteiger charge is -2.33. The van der Waals surface area contributed by atoms with Gasteiger partial charge in [-0.05, 0) is 45.1 Å². The second-order valence-corrected chi connectivity index (χ2v) is 6.59. The first kappa shape index (κ1) is 15.5. The van der Waals surface area contributed by atoms with Crippen LogP contribution in [0.5, 0.6) is 0 Å². The Kier molecular flexibility index (Phi) is 5.62. The maximum Gasteiger partial charge on any atom is 0.0771 e. The van der Waals surface area contributed by atoms with Crippen LogP contribution in [0.3, 0.4) is 0 Å². The van der Waals surface area contributed by atoms with Crippen molar-refractivity contribution in [3.63, 3.8) is 0 Å². The van der Waals surface area contributed by atoms with Crippen molar-refractivity contribution < 1.29 is 5.11 Å². The Balaban J connectivity index is 1.71. The van der Waals surface area contributed by atoms with Crippen LogP contribution in [-0.2, 0) is 6.42 Å². The normalized spacial score (nSPS) is 19.8. The molecule has 0 bridgehead atoms. The van der Waals surface area contributed by atoms with Crippen LogP contribution in [0.15, 0.2) is 24.3 Å². The minimum Gasteiger partial charge on any atom is -0.389 e. The molecule has 0 radical (unpaired) electrons. The van der Waals surface area contributed by atoms with Crippen molar-refractivity contribution in [2.45, 2.75) is 70.4 Å². The molecule has 1 aliphatic carbocycles. The predicted octanol–water partition coefficient (Wildman–Crippen LogP) is 3.60. The Morgan fingerprint density at radius 3 is 2.70 bits per heavy atom. The van der Waals surface area contributed by atoms with E-state index in [0.29, 0.717) is 6.04 Å². The summed E-state index contributed by atoms with van der Waals surface area (Å²) in [5.74, 6) is 0. The van der Waals surface area contributed by atoms with Crippen molar-refractivity contribution in [3.8, 4) is 0 Å². The van der Waals surface area contributed by atoms with Gasteiger partial charge in [0.05, 0.1) is 5.60 Å². The van der Waals surface area contributed by atoms with Crippen LogP contribution in [0.2, 0.25) is 0 Å². The van der Waals surface area contributed by atoms with E-state index in [0.717, 1.165) is 32.2 Å². The van der Waals surface area contributed by atoms with Crippen LogP contribution in [0.4, 0.5) is 0 Å². The molecule has 0 spiro atoms. The molecule has 20 heavy (non-hydrogen) atoms. The molecule has 0 saturated heterocycles. The number of aryl methyl sites for hydroxylation is 2. The first-order chi connectivity index (χ1) is 9.57. The zero-order valence-electron chi connectivity index (χ0n) is 13.0. The number of hydrogen-bond acceptors (Lipinski definition) is 2. The fraction of sp³-hybridized carbons (Fsp3) is 0.667.